The van der Waals surface area contributed by atoms with Crippen LogP contribution in [0.3, 0.4) is 0 Å². The third-order valence-electron chi connectivity index (χ3n) is 1.33. The minimum Gasteiger partial charge on any atom is -0.324 e. The number of hydrogen-bond acceptors (Lipinski definition) is 2. The van der Waals surface area contributed by atoms with Crippen LogP contribution in [-0.4, -0.2) is 4.98 Å². The molecule has 0 aliphatic heterocycles. The molecule has 11 heavy (non-hydrogen) atoms. The van der Waals surface area contributed by atoms with Crippen molar-refractivity contribution in [3.63, 3.8) is 0 Å². The van der Waals surface area contributed by atoms with Gasteiger partial charge in [0.2, 0.25) is 0 Å². The second-order valence-electron chi connectivity index (χ2n) is 2.30. The van der Waals surface area contributed by atoms with E-state index in [1.807, 2.05) is 6.92 Å². The number of halogens is 2. The van der Waals surface area contributed by atoms with Gasteiger partial charge in [0.25, 0.3) is 0 Å². The summed E-state index contributed by atoms with van der Waals surface area (Å²) < 4.78 is 0. The van der Waals surface area contributed by atoms with E-state index in [0.29, 0.717) is 10.3 Å². The Labute approximate surface area is 75.3 Å². The summed E-state index contributed by atoms with van der Waals surface area (Å²) in [5.74, 6) is 0. The predicted molar refractivity (Wildman–Crippen MR) is 46.9 cm³/mol. The van der Waals surface area contributed by atoms with Crippen molar-refractivity contribution in [2.45, 2.75) is 13.0 Å². The zero-order valence-corrected chi connectivity index (χ0v) is 7.52. The molecule has 0 saturated carbocycles. The molecule has 2 nitrogen and oxygen atoms in total. The van der Waals surface area contributed by atoms with Crippen LogP contribution in [-0.2, 0) is 0 Å². The van der Waals surface area contributed by atoms with Crippen molar-refractivity contribution < 1.29 is 0 Å². The van der Waals surface area contributed by atoms with E-state index in [9.17, 15) is 0 Å². The summed E-state index contributed by atoms with van der Waals surface area (Å²) in [6, 6.07) is 3.35. The fraction of sp³-hybridized carbons (Fsp3) is 0.286. The number of hydrogen-bond donors (Lipinski definition) is 1. The average molecular weight is 191 g/mol. The topological polar surface area (TPSA) is 38.9 Å². The van der Waals surface area contributed by atoms with Crippen LogP contribution in [0.25, 0.3) is 0 Å². The van der Waals surface area contributed by atoms with Gasteiger partial charge in [-0.05, 0) is 13.0 Å². The Hall–Kier alpha value is -0.310. The van der Waals surface area contributed by atoms with Crippen molar-refractivity contribution in [2.24, 2.45) is 5.73 Å². The molecule has 1 atom stereocenters. The first-order valence-corrected chi connectivity index (χ1v) is 3.94. The summed E-state index contributed by atoms with van der Waals surface area (Å²) in [6.07, 6.45) is 0. The van der Waals surface area contributed by atoms with Gasteiger partial charge in [0, 0.05) is 11.6 Å². The molecule has 1 aromatic heterocycles. The summed E-state index contributed by atoms with van der Waals surface area (Å²) in [5, 5.41) is 0.770. The maximum atomic E-state index is 5.75. The lowest BCUT2D eigenvalue weighted by Gasteiger charge is -2.06. The Morgan fingerprint density at radius 2 is 2.09 bits per heavy atom. The van der Waals surface area contributed by atoms with Gasteiger partial charge < -0.3 is 5.73 Å². The summed E-state index contributed by atoms with van der Waals surface area (Å²) in [7, 11) is 0. The maximum Gasteiger partial charge on any atom is 0.135 e. The Morgan fingerprint density at radius 3 is 2.55 bits per heavy atom. The van der Waals surface area contributed by atoms with Crippen LogP contribution >= 0.6 is 23.2 Å². The van der Waals surface area contributed by atoms with E-state index in [0.717, 1.165) is 5.56 Å². The lowest BCUT2D eigenvalue weighted by molar-refractivity contribution is 0.812. The van der Waals surface area contributed by atoms with Gasteiger partial charge in [0.05, 0.1) is 0 Å². The number of nitrogens with zero attached hydrogens (tertiary/aromatic N) is 1. The van der Waals surface area contributed by atoms with Gasteiger partial charge in [-0.1, -0.05) is 29.3 Å². The quantitative estimate of drug-likeness (QED) is 0.692. The first-order chi connectivity index (χ1) is 5.11. The SMILES string of the molecule is CC(N)c1ccc(Cl)nc1Cl. The Balaban J connectivity index is 3.09. The zero-order valence-electron chi connectivity index (χ0n) is 6.01. The molecule has 4 heteroatoms. The van der Waals surface area contributed by atoms with Crippen molar-refractivity contribution >= 4 is 23.2 Å². The summed E-state index contributed by atoms with van der Waals surface area (Å²) in [5.41, 5.74) is 6.41. The van der Waals surface area contributed by atoms with E-state index in [4.69, 9.17) is 28.9 Å². The van der Waals surface area contributed by atoms with E-state index in [1.165, 1.54) is 0 Å². The van der Waals surface area contributed by atoms with E-state index >= 15 is 0 Å². The van der Waals surface area contributed by atoms with Crippen LogP contribution in [0.15, 0.2) is 12.1 Å². The fourth-order valence-electron chi connectivity index (χ4n) is 0.763. The van der Waals surface area contributed by atoms with Crippen LogP contribution in [0.4, 0.5) is 0 Å². The molecule has 1 rings (SSSR count). The molecular weight excluding hydrogens is 183 g/mol. The summed E-state index contributed by atoms with van der Waals surface area (Å²) in [6.45, 7) is 1.84. The van der Waals surface area contributed by atoms with Gasteiger partial charge >= 0.3 is 0 Å². The monoisotopic (exact) mass is 190 g/mol. The number of aromatic nitrogens is 1. The second kappa shape index (κ2) is 3.39. The lowest BCUT2D eigenvalue weighted by Crippen LogP contribution is -2.06. The van der Waals surface area contributed by atoms with E-state index < -0.39 is 0 Å². The van der Waals surface area contributed by atoms with Crippen molar-refractivity contribution in [2.75, 3.05) is 0 Å². The van der Waals surface area contributed by atoms with Crippen LogP contribution in [0, 0.1) is 0 Å². The Bertz CT molecular complexity index is 261. The Kier molecular flexibility index (Phi) is 2.71. The highest BCUT2D eigenvalue weighted by atomic mass is 35.5. The van der Waals surface area contributed by atoms with Crippen molar-refractivity contribution in [3.8, 4) is 0 Å². The minimum absolute atomic E-state index is 0.104. The molecule has 1 aromatic rings. The molecule has 1 unspecified atom stereocenters. The highest BCUT2D eigenvalue weighted by Crippen LogP contribution is 2.20. The standard InChI is InChI=1S/C7H8Cl2N2/c1-4(10)5-2-3-6(8)11-7(5)9/h2-4H,10H2,1H3. The molecular formula is C7H8Cl2N2. The molecule has 0 amide bonds. The van der Waals surface area contributed by atoms with Crippen LogP contribution in [0.1, 0.15) is 18.5 Å². The molecule has 2 N–H and O–H groups in total. The lowest BCUT2D eigenvalue weighted by atomic mass is 10.2. The summed E-state index contributed by atoms with van der Waals surface area (Å²) >= 11 is 11.3. The minimum atomic E-state index is -0.104. The van der Waals surface area contributed by atoms with E-state index in [1.54, 1.807) is 12.1 Å². The Morgan fingerprint density at radius 1 is 1.45 bits per heavy atom. The molecule has 0 bridgehead atoms. The molecule has 0 saturated heterocycles. The first-order valence-electron chi connectivity index (χ1n) is 3.19. The molecule has 0 aromatic carbocycles. The van der Waals surface area contributed by atoms with Gasteiger partial charge in [-0.3, -0.25) is 0 Å². The van der Waals surface area contributed by atoms with Gasteiger partial charge in [0.1, 0.15) is 10.3 Å². The van der Waals surface area contributed by atoms with E-state index in [2.05, 4.69) is 4.98 Å². The van der Waals surface area contributed by atoms with Gasteiger partial charge in [-0.15, -0.1) is 0 Å². The highest BCUT2D eigenvalue weighted by Gasteiger charge is 2.05. The zero-order chi connectivity index (χ0) is 8.43. The van der Waals surface area contributed by atoms with Crippen LogP contribution < -0.4 is 5.73 Å². The largest absolute Gasteiger partial charge is 0.324 e. The number of pyridine rings is 1. The average Bonchev–Trinajstić information content (AvgIpc) is 1.85. The van der Waals surface area contributed by atoms with Gasteiger partial charge in [-0.25, -0.2) is 4.98 Å². The van der Waals surface area contributed by atoms with Crippen molar-refractivity contribution in [1.82, 2.24) is 4.98 Å². The van der Waals surface area contributed by atoms with Crippen molar-refractivity contribution in [1.29, 1.82) is 0 Å². The highest BCUT2D eigenvalue weighted by molar-refractivity contribution is 6.32. The molecule has 60 valence electrons. The number of rotatable bonds is 1. The fourth-order valence-corrected chi connectivity index (χ4v) is 1.28. The predicted octanol–water partition coefficient (Wildman–Crippen LogP) is 2.41. The van der Waals surface area contributed by atoms with Gasteiger partial charge in [0.15, 0.2) is 0 Å². The summed E-state index contributed by atoms with van der Waals surface area (Å²) in [4.78, 5) is 3.85. The third-order valence-corrected chi connectivity index (χ3v) is 1.85. The smallest absolute Gasteiger partial charge is 0.135 e. The van der Waals surface area contributed by atoms with E-state index in [-0.39, 0.29) is 6.04 Å². The maximum absolute atomic E-state index is 5.75. The molecule has 0 radical (unpaired) electrons. The molecule has 0 aliphatic rings. The van der Waals surface area contributed by atoms with Crippen molar-refractivity contribution in [3.05, 3.63) is 28.0 Å². The molecule has 0 spiro atoms. The number of nitrogens with two attached hydrogens (primary N) is 1. The normalized spacial score (nSPS) is 13.1. The first kappa shape index (κ1) is 8.78. The third kappa shape index (κ3) is 2.06. The molecule has 0 aliphatic carbocycles. The molecule has 1 heterocycles. The molecule has 0 fully saturated rings. The van der Waals surface area contributed by atoms with Crippen LogP contribution in [0.5, 0.6) is 0 Å². The second-order valence-corrected chi connectivity index (χ2v) is 3.05. The van der Waals surface area contributed by atoms with Gasteiger partial charge in [-0.2, -0.15) is 0 Å². The van der Waals surface area contributed by atoms with Crippen LogP contribution in [0.2, 0.25) is 10.3 Å².